The minimum atomic E-state index is -3.66. The van der Waals surface area contributed by atoms with Gasteiger partial charge in [-0.1, -0.05) is 17.7 Å². The van der Waals surface area contributed by atoms with E-state index in [0.29, 0.717) is 10.7 Å². The molecule has 0 spiro atoms. The van der Waals surface area contributed by atoms with E-state index in [9.17, 15) is 13.2 Å². The van der Waals surface area contributed by atoms with Crippen molar-refractivity contribution in [2.45, 2.75) is 25.2 Å². The van der Waals surface area contributed by atoms with Crippen LogP contribution in [0.15, 0.2) is 41.3 Å². The lowest BCUT2D eigenvalue weighted by Gasteiger charge is -2.18. The highest BCUT2D eigenvalue weighted by atomic mass is 35.5. The number of hydrogen-bond acceptors (Lipinski definition) is 4. The van der Waals surface area contributed by atoms with E-state index in [-0.39, 0.29) is 23.8 Å². The van der Waals surface area contributed by atoms with Crippen LogP contribution < -0.4 is 14.9 Å². The van der Waals surface area contributed by atoms with Gasteiger partial charge in [-0.25, -0.2) is 13.1 Å². The third-order valence-corrected chi connectivity index (χ3v) is 5.84. The summed E-state index contributed by atoms with van der Waals surface area (Å²) in [7, 11) is 0.0597. The lowest BCUT2D eigenvalue weighted by atomic mass is 10.1. The molecule has 2 rings (SSSR count). The second-order valence-electron chi connectivity index (χ2n) is 6.50. The van der Waals surface area contributed by atoms with E-state index in [1.807, 2.05) is 32.8 Å². The van der Waals surface area contributed by atoms with Crippen LogP contribution in [0, 0.1) is 13.8 Å². The molecular formula is C19H24ClN3O3S. The number of amides is 1. The second kappa shape index (κ2) is 8.73. The number of sulfonamides is 1. The normalized spacial score (nSPS) is 11.3. The molecule has 0 saturated heterocycles. The van der Waals surface area contributed by atoms with Crippen molar-refractivity contribution in [3.8, 4) is 0 Å². The van der Waals surface area contributed by atoms with E-state index in [0.717, 1.165) is 16.8 Å². The van der Waals surface area contributed by atoms with Crippen molar-refractivity contribution < 1.29 is 13.2 Å². The Morgan fingerprint density at radius 3 is 2.41 bits per heavy atom. The first-order valence-electron chi connectivity index (χ1n) is 8.44. The zero-order valence-electron chi connectivity index (χ0n) is 15.8. The van der Waals surface area contributed by atoms with Crippen molar-refractivity contribution in [2.75, 3.05) is 30.9 Å². The van der Waals surface area contributed by atoms with Gasteiger partial charge < -0.3 is 10.2 Å². The summed E-state index contributed by atoms with van der Waals surface area (Å²) < 4.78 is 27.2. The van der Waals surface area contributed by atoms with Gasteiger partial charge >= 0.3 is 0 Å². The fourth-order valence-corrected chi connectivity index (χ4v) is 3.76. The molecule has 0 aromatic heterocycles. The number of nitrogens with zero attached hydrogens (tertiary/aromatic N) is 1. The topological polar surface area (TPSA) is 78.5 Å². The summed E-state index contributed by atoms with van der Waals surface area (Å²) in [4.78, 5) is 14.3. The van der Waals surface area contributed by atoms with E-state index in [4.69, 9.17) is 11.6 Å². The molecule has 0 aliphatic carbocycles. The van der Waals surface area contributed by atoms with Crippen LogP contribution in [-0.2, 0) is 14.8 Å². The van der Waals surface area contributed by atoms with Crippen LogP contribution in [0.25, 0.3) is 0 Å². The van der Waals surface area contributed by atoms with Gasteiger partial charge in [-0.3, -0.25) is 4.79 Å². The Bertz CT molecular complexity index is 943. The first kappa shape index (κ1) is 21.2. The third kappa shape index (κ3) is 5.69. The average Bonchev–Trinajstić information content (AvgIpc) is 2.56. The third-order valence-electron chi connectivity index (χ3n) is 4.15. The first-order chi connectivity index (χ1) is 12.6. The van der Waals surface area contributed by atoms with Gasteiger partial charge in [0.15, 0.2) is 0 Å². The Kier molecular flexibility index (Phi) is 6.86. The molecule has 0 atom stereocenters. The molecule has 2 N–H and O–H groups in total. The van der Waals surface area contributed by atoms with Crippen LogP contribution in [0.2, 0.25) is 5.02 Å². The Labute approximate surface area is 165 Å². The molecule has 0 heterocycles. The molecule has 0 aliphatic rings. The Hall–Kier alpha value is -2.09. The number of carbonyl (C=O) groups excluding carboxylic acids is 1. The minimum Gasteiger partial charge on any atom is -0.376 e. The molecule has 0 fully saturated rings. The summed E-state index contributed by atoms with van der Waals surface area (Å²) in [6.45, 7) is 3.77. The van der Waals surface area contributed by atoms with Gasteiger partial charge in [-0.05, 0) is 55.3 Å². The lowest BCUT2D eigenvalue weighted by molar-refractivity contribution is -0.116. The highest BCUT2D eigenvalue weighted by molar-refractivity contribution is 7.89. The Balaban J connectivity index is 1.98. The number of benzene rings is 2. The Morgan fingerprint density at radius 1 is 1.07 bits per heavy atom. The van der Waals surface area contributed by atoms with Crippen LogP contribution >= 0.6 is 11.6 Å². The van der Waals surface area contributed by atoms with Crippen LogP contribution in [-0.4, -0.2) is 35.0 Å². The summed E-state index contributed by atoms with van der Waals surface area (Å²) in [5.41, 5.74) is 3.30. The highest BCUT2D eigenvalue weighted by Crippen LogP contribution is 2.27. The van der Waals surface area contributed by atoms with Gasteiger partial charge in [0.25, 0.3) is 0 Å². The SMILES string of the molecule is Cc1ccc(S(=O)(=O)NCCC(=O)Nc2cc(Cl)ccc2N(C)C)cc1C. The molecular weight excluding hydrogens is 386 g/mol. The molecule has 2 aromatic rings. The molecule has 0 unspecified atom stereocenters. The standard InChI is InChI=1S/C19H24ClN3O3S/c1-13-5-7-16(11-14(13)2)27(25,26)21-10-9-19(24)22-17-12-15(20)6-8-18(17)23(3)4/h5-8,11-12,21H,9-10H2,1-4H3,(H,22,24). The second-order valence-corrected chi connectivity index (χ2v) is 8.70. The van der Waals surface area contributed by atoms with E-state index < -0.39 is 10.0 Å². The summed E-state index contributed by atoms with van der Waals surface area (Å²) in [5, 5.41) is 3.28. The quantitative estimate of drug-likeness (QED) is 0.735. The van der Waals surface area contributed by atoms with Crippen molar-refractivity contribution in [1.82, 2.24) is 4.72 Å². The van der Waals surface area contributed by atoms with Crippen LogP contribution in [0.1, 0.15) is 17.5 Å². The van der Waals surface area contributed by atoms with Gasteiger partial charge in [0.1, 0.15) is 0 Å². The van der Waals surface area contributed by atoms with Crippen molar-refractivity contribution in [3.63, 3.8) is 0 Å². The minimum absolute atomic E-state index is 0.00104. The molecule has 2 aromatic carbocycles. The molecule has 0 aliphatic heterocycles. The summed E-state index contributed by atoms with van der Waals surface area (Å²) in [6.07, 6.45) is 0.00343. The number of carbonyl (C=O) groups is 1. The number of nitrogens with one attached hydrogen (secondary N) is 2. The average molecular weight is 410 g/mol. The molecule has 8 heteroatoms. The van der Waals surface area contributed by atoms with Gasteiger partial charge in [-0.2, -0.15) is 0 Å². The zero-order chi connectivity index (χ0) is 20.2. The molecule has 146 valence electrons. The first-order valence-corrected chi connectivity index (χ1v) is 10.3. The number of halogens is 1. The molecule has 0 bridgehead atoms. The number of anilines is 2. The highest BCUT2D eigenvalue weighted by Gasteiger charge is 2.15. The van der Waals surface area contributed by atoms with Crippen molar-refractivity contribution >= 4 is 38.9 Å². The number of hydrogen-bond donors (Lipinski definition) is 2. The van der Waals surface area contributed by atoms with Crippen molar-refractivity contribution in [3.05, 3.63) is 52.5 Å². The Morgan fingerprint density at radius 2 is 1.78 bits per heavy atom. The smallest absolute Gasteiger partial charge is 0.240 e. The predicted molar refractivity (Wildman–Crippen MR) is 110 cm³/mol. The summed E-state index contributed by atoms with van der Waals surface area (Å²) in [6, 6.07) is 10.1. The molecule has 1 amide bonds. The largest absolute Gasteiger partial charge is 0.376 e. The summed E-state index contributed by atoms with van der Waals surface area (Å²) in [5.74, 6) is -0.303. The van der Waals surface area contributed by atoms with Gasteiger partial charge in [0, 0.05) is 32.1 Å². The molecule has 0 radical (unpaired) electrons. The van der Waals surface area contributed by atoms with Crippen LogP contribution in [0.4, 0.5) is 11.4 Å². The molecule has 0 saturated carbocycles. The van der Waals surface area contributed by atoms with E-state index in [1.54, 1.807) is 36.4 Å². The van der Waals surface area contributed by atoms with Crippen molar-refractivity contribution in [1.29, 1.82) is 0 Å². The zero-order valence-corrected chi connectivity index (χ0v) is 17.4. The van der Waals surface area contributed by atoms with E-state index in [1.165, 1.54) is 0 Å². The molecule has 27 heavy (non-hydrogen) atoms. The van der Waals surface area contributed by atoms with E-state index >= 15 is 0 Å². The fourth-order valence-electron chi connectivity index (χ4n) is 2.47. The number of rotatable bonds is 7. The van der Waals surface area contributed by atoms with Gasteiger partial charge in [0.2, 0.25) is 15.9 Å². The van der Waals surface area contributed by atoms with Gasteiger partial charge in [-0.15, -0.1) is 0 Å². The maximum absolute atomic E-state index is 12.4. The maximum atomic E-state index is 12.4. The fraction of sp³-hybridized carbons (Fsp3) is 0.316. The maximum Gasteiger partial charge on any atom is 0.240 e. The predicted octanol–water partition coefficient (Wildman–Crippen LogP) is 3.33. The van der Waals surface area contributed by atoms with E-state index in [2.05, 4.69) is 10.0 Å². The van der Waals surface area contributed by atoms with Crippen LogP contribution in [0.3, 0.4) is 0 Å². The number of aryl methyl sites for hydroxylation is 2. The lowest BCUT2D eigenvalue weighted by Crippen LogP contribution is -2.28. The monoisotopic (exact) mass is 409 g/mol. The van der Waals surface area contributed by atoms with Crippen LogP contribution in [0.5, 0.6) is 0 Å². The molecule has 6 nitrogen and oxygen atoms in total. The van der Waals surface area contributed by atoms with Crippen molar-refractivity contribution in [2.24, 2.45) is 0 Å². The van der Waals surface area contributed by atoms with Gasteiger partial charge in [0.05, 0.1) is 16.3 Å². The summed E-state index contributed by atoms with van der Waals surface area (Å²) >= 11 is 6.00.